The maximum absolute atomic E-state index is 5.67. The topological polar surface area (TPSA) is 47.0 Å². The summed E-state index contributed by atoms with van der Waals surface area (Å²) in [6.45, 7) is 9.00. The molecular formula is C14H25N3O. The van der Waals surface area contributed by atoms with Crippen LogP contribution in [0.25, 0.3) is 0 Å². The van der Waals surface area contributed by atoms with Crippen molar-refractivity contribution in [2.45, 2.75) is 46.6 Å². The van der Waals surface area contributed by atoms with Crippen LogP contribution in [0.15, 0.2) is 12.4 Å². The molecule has 1 unspecified atom stereocenters. The van der Waals surface area contributed by atoms with Crippen LogP contribution < -0.4 is 10.1 Å². The minimum Gasteiger partial charge on any atom is -0.476 e. The lowest BCUT2D eigenvalue weighted by molar-refractivity contribution is 0.241. The molecule has 0 amide bonds. The Morgan fingerprint density at radius 1 is 1.28 bits per heavy atom. The van der Waals surface area contributed by atoms with Crippen LogP contribution in [0.5, 0.6) is 5.88 Å². The van der Waals surface area contributed by atoms with E-state index in [1.165, 1.54) is 12.8 Å². The van der Waals surface area contributed by atoms with E-state index in [0.29, 0.717) is 18.4 Å². The fraction of sp³-hybridized carbons (Fsp3) is 0.714. The molecule has 18 heavy (non-hydrogen) atoms. The average Bonchev–Trinajstić information content (AvgIpc) is 2.38. The van der Waals surface area contributed by atoms with Crippen LogP contribution in [0.4, 0.5) is 0 Å². The standard InChI is InChI=1S/C14H25N3O/c1-4-6-12(3)11-18-14-10-16-9-13(17-14)8-15-7-5-2/h9-10,12,15H,4-8,11H2,1-3H3. The minimum absolute atomic E-state index is 0.568. The van der Waals surface area contributed by atoms with E-state index in [-0.39, 0.29) is 0 Å². The minimum atomic E-state index is 0.568. The number of hydrogen-bond acceptors (Lipinski definition) is 4. The molecule has 1 heterocycles. The molecular weight excluding hydrogens is 226 g/mol. The summed E-state index contributed by atoms with van der Waals surface area (Å²) < 4.78 is 5.67. The normalized spacial score (nSPS) is 12.4. The van der Waals surface area contributed by atoms with Gasteiger partial charge in [0.05, 0.1) is 18.5 Å². The summed E-state index contributed by atoms with van der Waals surface area (Å²) in [5.74, 6) is 1.20. The van der Waals surface area contributed by atoms with Crippen LogP contribution in [0.2, 0.25) is 0 Å². The van der Waals surface area contributed by atoms with Crippen molar-refractivity contribution in [3.05, 3.63) is 18.1 Å². The third-order valence-electron chi connectivity index (χ3n) is 2.69. The Labute approximate surface area is 110 Å². The molecule has 4 nitrogen and oxygen atoms in total. The Morgan fingerprint density at radius 2 is 2.11 bits per heavy atom. The Morgan fingerprint density at radius 3 is 2.83 bits per heavy atom. The van der Waals surface area contributed by atoms with Gasteiger partial charge in [0.25, 0.3) is 0 Å². The average molecular weight is 251 g/mol. The van der Waals surface area contributed by atoms with E-state index in [0.717, 1.165) is 25.2 Å². The Bertz CT molecular complexity index is 331. The smallest absolute Gasteiger partial charge is 0.232 e. The van der Waals surface area contributed by atoms with Crippen LogP contribution in [0.3, 0.4) is 0 Å². The van der Waals surface area contributed by atoms with E-state index in [4.69, 9.17) is 4.74 Å². The molecule has 0 aliphatic carbocycles. The summed E-state index contributed by atoms with van der Waals surface area (Å²) in [6.07, 6.45) is 6.97. The van der Waals surface area contributed by atoms with Crippen molar-refractivity contribution in [3.8, 4) is 5.88 Å². The zero-order chi connectivity index (χ0) is 13.2. The molecule has 1 atom stereocenters. The van der Waals surface area contributed by atoms with Gasteiger partial charge in [0.2, 0.25) is 5.88 Å². The quantitative estimate of drug-likeness (QED) is 0.686. The van der Waals surface area contributed by atoms with E-state index in [9.17, 15) is 0 Å². The van der Waals surface area contributed by atoms with E-state index >= 15 is 0 Å². The summed E-state index contributed by atoms with van der Waals surface area (Å²) in [7, 11) is 0. The molecule has 0 bridgehead atoms. The van der Waals surface area contributed by atoms with Gasteiger partial charge in [-0.15, -0.1) is 0 Å². The van der Waals surface area contributed by atoms with Gasteiger partial charge in [-0.2, -0.15) is 0 Å². The number of nitrogens with one attached hydrogen (secondary N) is 1. The van der Waals surface area contributed by atoms with Crippen molar-refractivity contribution >= 4 is 0 Å². The molecule has 0 aromatic carbocycles. The summed E-state index contributed by atoms with van der Waals surface area (Å²) in [4.78, 5) is 8.59. The molecule has 1 N–H and O–H groups in total. The molecule has 0 aliphatic heterocycles. The highest BCUT2D eigenvalue weighted by Gasteiger charge is 2.04. The maximum Gasteiger partial charge on any atom is 0.232 e. The van der Waals surface area contributed by atoms with Gasteiger partial charge in [-0.3, -0.25) is 4.98 Å². The highest BCUT2D eigenvalue weighted by atomic mass is 16.5. The fourth-order valence-corrected chi connectivity index (χ4v) is 1.74. The number of nitrogens with zero attached hydrogens (tertiary/aromatic N) is 2. The summed E-state index contributed by atoms with van der Waals surface area (Å²) in [5.41, 5.74) is 0.934. The predicted molar refractivity (Wildman–Crippen MR) is 73.6 cm³/mol. The summed E-state index contributed by atoms with van der Waals surface area (Å²) in [5, 5.41) is 3.31. The monoisotopic (exact) mass is 251 g/mol. The van der Waals surface area contributed by atoms with E-state index in [1.54, 1.807) is 12.4 Å². The highest BCUT2D eigenvalue weighted by Crippen LogP contribution is 2.10. The van der Waals surface area contributed by atoms with Gasteiger partial charge in [0.1, 0.15) is 0 Å². The summed E-state index contributed by atoms with van der Waals surface area (Å²) in [6, 6.07) is 0. The van der Waals surface area contributed by atoms with Gasteiger partial charge in [-0.25, -0.2) is 4.98 Å². The maximum atomic E-state index is 5.67. The van der Waals surface area contributed by atoms with E-state index in [2.05, 4.69) is 36.1 Å². The van der Waals surface area contributed by atoms with Gasteiger partial charge in [-0.1, -0.05) is 27.2 Å². The first-order valence-electron chi connectivity index (χ1n) is 6.90. The van der Waals surface area contributed by atoms with Crippen LogP contribution in [0.1, 0.15) is 45.7 Å². The molecule has 0 aliphatic rings. The molecule has 0 saturated carbocycles. The first-order chi connectivity index (χ1) is 8.76. The SMILES string of the molecule is CCCNCc1cncc(OCC(C)CCC)n1. The van der Waals surface area contributed by atoms with Crippen molar-refractivity contribution in [2.75, 3.05) is 13.2 Å². The van der Waals surface area contributed by atoms with Gasteiger partial charge in [0.15, 0.2) is 0 Å². The second kappa shape index (κ2) is 8.86. The molecule has 102 valence electrons. The lowest BCUT2D eigenvalue weighted by atomic mass is 10.1. The lowest BCUT2D eigenvalue weighted by Gasteiger charge is -2.11. The molecule has 0 radical (unpaired) electrons. The zero-order valence-corrected chi connectivity index (χ0v) is 11.8. The molecule has 1 aromatic heterocycles. The zero-order valence-electron chi connectivity index (χ0n) is 11.8. The Hall–Kier alpha value is -1.16. The summed E-state index contributed by atoms with van der Waals surface area (Å²) >= 11 is 0. The molecule has 0 spiro atoms. The van der Waals surface area contributed by atoms with E-state index in [1.807, 2.05) is 0 Å². The fourth-order valence-electron chi connectivity index (χ4n) is 1.74. The predicted octanol–water partition coefficient (Wildman–Crippen LogP) is 2.79. The third-order valence-corrected chi connectivity index (χ3v) is 2.69. The molecule has 1 aromatic rings. The second-order valence-corrected chi connectivity index (χ2v) is 4.73. The van der Waals surface area contributed by atoms with E-state index < -0.39 is 0 Å². The third kappa shape index (κ3) is 5.96. The van der Waals surface area contributed by atoms with Crippen molar-refractivity contribution in [3.63, 3.8) is 0 Å². The van der Waals surface area contributed by atoms with Gasteiger partial charge < -0.3 is 10.1 Å². The first kappa shape index (κ1) is 14.9. The molecule has 4 heteroatoms. The number of ether oxygens (including phenoxy) is 1. The number of aromatic nitrogens is 2. The highest BCUT2D eigenvalue weighted by molar-refractivity contribution is 5.08. The Balaban J connectivity index is 2.39. The molecule has 1 rings (SSSR count). The molecule has 0 fully saturated rings. The largest absolute Gasteiger partial charge is 0.476 e. The Kier molecular flexibility index (Phi) is 7.34. The van der Waals surface area contributed by atoms with Crippen molar-refractivity contribution < 1.29 is 4.74 Å². The first-order valence-corrected chi connectivity index (χ1v) is 6.90. The molecule has 0 saturated heterocycles. The van der Waals surface area contributed by atoms with Gasteiger partial charge in [-0.05, 0) is 25.3 Å². The van der Waals surface area contributed by atoms with Crippen LogP contribution in [0, 0.1) is 5.92 Å². The van der Waals surface area contributed by atoms with Crippen molar-refractivity contribution in [1.29, 1.82) is 0 Å². The van der Waals surface area contributed by atoms with Crippen LogP contribution in [-0.4, -0.2) is 23.1 Å². The second-order valence-electron chi connectivity index (χ2n) is 4.73. The van der Waals surface area contributed by atoms with Crippen molar-refractivity contribution in [2.24, 2.45) is 5.92 Å². The van der Waals surface area contributed by atoms with Gasteiger partial charge in [0, 0.05) is 12.7 Å². The van der Waals surface area contributed by atoms with Crippen molar-refractivity contribution in [1.82, 2.24) is 15.3 Å². The van der Waals surface area contributed by atoms with Crippen LogP contribution in [-0.2, 0) is 6.54 Å². The number of hydrogen-bond donors (Lipinski definition) is 1. The van der Waals surface area contributed by atoms with Crippen LogP contribution >= 0.6 is 0 Å². The number of rotatable bonds is 9. The van der Waals surface area contributed by atoms with Gasteiger partial charge >= 0.3 is 0 Å². The lowest BCUT2D eigenvalue weighted by Crippen LogP contribution is -2.15.